The summed E-state index contributed by atoms with van der Waals surface area (Å²) in [5, 5.41) is 9.00. The highest BCUT2D eigenvalue weighted by Gasteiger charge is 1.96. The molecule has 1 rings (SSSR count). The molecule has 68 valence electrons. The number of aromatic amines is 1. The third-order valence-electron chi connectivity index (χ3n) is 2.05. The summed E-state index contributed by atoms with van der Waals surface area (Å²) in [5.41, 5.74) is 1.21. The van der Waals surface area contributed by atoms with Crippen LogP contribution in [0.3, 0.4) is 0 Å². The van der Waals surface area contributed by atoms with Crippen molar-refractivity contribution in [3.63, 3.8) is 0 Å². The molecule has 2 heteroatoms. The first-order chi connectivity index (χ1) is 5.83. The van der Waals surface area contributed by atoms with Gasteiger partial charge in [0.25, 0.3) is 0 Å². The maximum atomic E-state index is 9.00. The average Bonchev–Trinajstić information content (AvgIpc) is 2.45. The minimum Gasteiger partial charge on any atom is -0.495 e. The highest BCUT2D eigenvalue weighted by atomic mass is 16.3. The Labute approximate surface area is 73.6 Å². The molecule has 0 aliphatic rings. The molecular weight excluding hydrogens is 150 g/mol. The Morgan fingerprint density at radius 1 is 1.33 bits per heavy atom. The SMILES string of the molecule is CCCCCCc1c[nH]c(O)c1. The molecule has 0 aromatic carbocycles. The van der Waals surface area contributed by atoms with E-state index in [1.807, 2.05) is 6.20 Å². The van der Waals surface area contributed by atoms with Crippen LogP contribution in [0.15, 0.2) is 12.3 Å². The van der Waals surface area contributed by atoms with Gasteiger partial charge in [-0.15, -0.1) is 0 Å². The fourth-order valence-electron chi connectivity index (χ4n) is 1.33. The van der Waals surface area contributed by atoms with Crippen molar-refractivity contribution < 1.29 is 5.11 Å². The molecule has 0 aliphatic carbocycles. The Morgan fingerprint density at radius 2 is 2.17 bits per heavy atom. The van der Waals surface area contributed by atoms with E-state index in [0.29, 0.717) is 0 Å². The van der Waals surface area contributed by atoms with Crippen molar-refractivity contribution >= 4 is 0 Å². The number of aryl methyl sites for hydroxylation is 1. The van der Waals surface area contributed by atoms with Crippen LogP contribution in [0.1, 0.15) is 38.2 Å². The molecular formula is C10H17NO. The first kappa shape index (κ1) is 9.17. The van der Waals surface area contributed by atoms with Crippen LogP contribution in [0.5, 0.6) is 5.88 Å². The summed E-state index contributed by atoms with van der Waals surface area (Å²) in [7, 11) is 0. The summed E-state index contributed by atoms with van der Waals surface area (Å²) in [6.45, 7) is 2.21. The number of hydrogen-bond acceptors (Lipinski definition) is 1. The number of rotatable bonds is 5. The third kappa shape index (κ3) is 2.99. The van der Waals surface area contributed by atoms with Crippen LogP contribution in [0.25, 0.3) is 0 Å². The van der Waals surface area contributed by atoms with Crippen LogP contribution in [-0.2, 0) is 6.42 Å². The molecule has 0 bridgehead atoms. The summed E-state index contributed by atoms with van der Waals surface area (Å²) in [6.07, 6.45) is 8.07. The van der Waals surface area contributed by atoms with Gasteiger partial charge in [-0.25, -0.2) is 0 Å². The minimum atomic E-state index is 0.278. The van der Waals surface area contributed by atoms with Gasteiger partial charge in [0.15, 0.2) is 5.88 Å². The van der Waals surface area contributed by atoms with Crippen molar-refractivity contribution in [2.75, 3.05) is 0 Å². The van der Waals surface area contributed by atoms with Crippen molar-refractivity contribution in [2.45, 2.75) is 39.0 Å². The van der Waals surface area contributed by atoms with Crippen LogP contribution in [0.2, 0.25) is 0 Å². The van der Waals surface area contributed by atoms with Crippen LogP contribution >= 0.6 is 0 Å². The summed E-state index contributed by atoms with van der Waals surface area (Å²) in [5.74, 6) is 0.278. The quantitative estimate of drug-likeness (QED) is 0.650. The maximum Gasteiger partial charge on any atom is 0.188 e. The number of unbranched alkanes of at least 4 members (excludes halogenated alkanes) is 3. The van der Waals surface area contributed by atoms with E-state index in [1.54, 1.807) is 6.07 Å². The Balaban J connectivity index is 2.15. The lowest BCUT2D eigenvalue weighted by atomic mass is 10.1. The van der Waals surface area contributed by atoms with E-state index >= 15 is 0 Å². The fraction of sp³-hybridized carbons (Fsp3) is 0.600. The molecule has 0 spiro atoms. The zero-order valence-corrected chi connectivity index (χ0v) is 7.64. The Bertz CT molecular complexity index is 217. The van der Waals surface area contributed by atoms with Crippen molar-refractivity contribution in [2.24, 2.45) is 0 Å². The second-order valence-electron chi connectivity index (χ2n) is 3.20. The van der Waals surface area contributed by atoms with Gasteiger partial charge in [-0.1, -0.05) is 26.2 Å². The van der Waals surface area contributed by atoms with Crippen molar-refractivity contribution in [3.8, 4) is 5.88 Å². The molecule has 0 saturated carbocycles. The van der Waals surface area contributed by atoms with Gasteiger partial charge >= 0.3 is 0 Å². The lowest BCUT2D eigenvalue weighted by Gasteiger charge is -1.95. The number of aromatic hydroxyl groups is 1. The molecule has 1 aromatic rings. The van der Waals surface area contributed by atoms with Gasteiger partial charge in [0.1, 0.15) is 0 Å². The van der Waals surface area contributed by atoms with E-state index in [9.17, 15) is 0 Å². The Morgan fingerprint density at radius 3 is 2.75 bits per heavy atom. The van der Waals surface area contributed by atoms with E-state index in [0.717, 1.165) is 6.42 Å². The summed E-state index contributed by atoms with van der Waals surface area (Å²) >= 11 is 0. The first-order valence-electron chi connectivity index (χ1n) is 4.69. The molecule has 1 aromatic heterocycles. The van der Waals surface area contributed by atoms with Crippen LogP contribution in [0, 0.1) is 0 Å². The monoisotopic (exact) mass is 167 g/mol. The number of nitrogens with one attached hydrogen (secondary N) is 1. The Kier molecular flexibility index (Phi) is 3.71. The van der Waals surface area contributed by atoms with Crippen molar-refractivity contribution in [1.29, 1.82) is 0 Å². The summed E-state index contributed by atoms with van der Waals surface area (Å²) in [4.78, 5) is 2.77. The van der Waals surface area contributed by atoms with Crippen LogP contribution < -0.4 is 0 Å². The van der Waals surface area contributed by atoms with Crippen molar-refractivity contribution in [1.82, 2.24) is 4.98 Å². The summed E-state index contributed by atoms with van der Waals surface area (Å²) < 4.78 is 0. The average molecular weight is 167 g/mol. The lowest BCUT2D eigenvalue weighted by molar-refractivity contribution is 0.457. The second kappa shape index (κ2) is 4.86. The number of hydrogen-bond donors (Lipinski definition) is 2. The standard InChI is InChI=1S/C10H17NO/c1-2-3-4-5-6-9-7-10(12)11-8-9/h7-8,11-12H,2-6H2,1H3. The molecule has 2 N–H and O–H groups in total. The minimum absolute atomic E-state index is 0.278. The van der Waals surface area contributed by atoms with E-state index < -0.39 is 0 Å². The predicted octanol–water partition coefficient (Wildman–Crippen LogP) is 2.84. The number of aromatic nitrogens is 1. The zero-order chi connectivity index (χ0) is 8.81. The molecule has 0 saturated heterocycles. The van der Waals surface area contributed by atoms with E-state index in [2.05, 4.69) is 11.9 Å². The third-order valence-corrected chi connectivity index (χ3v) is 2.05. The second-order valence-corrected chi connectivity index (χ2v) is 3.20. The first-order valence-corrected chi connectivity index (χ1v) is 4.69. The van der Waals surface area contributed by atoms with Gasteiger partial charge in [0.2, 0.25) is 0 Å². The molecule has 0 atom stereocenters. The smallest absolute Gasteiger partial charge is 0.188 e. The largest absolute Gasteiger partial charge is 0.495 e. The maximum absolute atomic E-state index is 9.00. The van der Waals surface area contributed by atoms with E-state index in [4.69, 9.17) is 5.11 Å². The van der Waals surface area contributed by atoms with Crippen LogP contribution in [0.4, 0.5) is 0 Å². The van der Waals surface area contributed by atoms with Gasteiger partial charge in [-0.05, 0) is 18.4 Å². The summed E-state index contributed by atoms with van der Waals surface area (Å²) in [6, 6.07) is 1.80. The molecule has 0 radical (unpaired) electrons. The van der Waals surface area contributed by atoms with Crippen LogP contribution in [-0.4, -0.2) is 10.1 Å². The van der Waals surface area contributed by atoms with Gasteiger partial charge < -0.3 is 10.1 Å². The van der Waals surface area contributed by atoms with E-state index in [1.165, 1.54) is 31.2 Å². The molecule has 0 unspecified atom stereocenters. The van der Waals surface area contributed by atoms with Gasteiger partial charge in [-0.3, -0.25) is 0 Å². The molecule has 2 nitrogen and oxygen atoms in total. The molecule has 0 amide bonds. The Hall–Kier alpha value is -0.920. The predicted molar refractivity (Wildman–Crippen MR) is 50.3 cm³/mol. The van der Waals surface area contributed by atoms with Gasteiger partial charge in [-0.2, -0.15) is 0 Å². The normalized spacial score (nSPS) is 10.4. The highest BCUT2D eigenvalue weighted by molar-refractivity contribution is 5.19. The zero-order valence-electron chi connectivity index (χ0n) is 7.64. The van der Waals surface area contributed by atoms with Gasteiger partial charge in [0.05, 0.1) is 0 Å². The number of H-pyrrole nitrogens is 1. The van der Waals surface area contributed by atoms with Crippen molar-refractivity contribution in [3.05, 3.63) is 17.8 Å². The van der Waals surface area contributed by atoms with Gasteiger partial charge in [0, 0.05) is 12.3 Å². The molecule has 0 fully saturated rings. The molecule has 0 aliphatic heterocycles. The topological polar surface area (TPSA) is 36.0 Å². The fourth-order valence-corrected chi connectivity index (χ4v) is 1.33. The lowest BCUT2D eigenvalue weighted by Crippen LogP contribution is -1.81. The van der Waals surface area contributed by atoms with E-state index in [-0.39, 0.29) is 5.88 Å². The molecule has 1 heterocycles. The highest BCUT2D eigenvalue weighted by Crippen LogP contribution is 2.12. The molecule has 12 heavy (non-hydrogen) atoms.